The predicted octanol–water partition coefficient (Wildman–Crippen LogP) is 2.09. The summed E-state index contributed by atoms with van der Waals surface area (Å²) in [5.41, 5.74) is 0. The van der Waals surface area contributed by atoms with E-state index in [-0.39, 0.29) is 18.4 Å². The highest BCUT2D eigenvalue weighted by atomic mass is 16.2. The van der Waals surface area contributed by atoms with Crippen LogP contribution in [0.3, 0.4) is 0 Å². The molecule has 0 bridgehead atoms. The number of amides is 2. The van der Waals surface area contributed by atoms with Crippen molar-refractivity contribution in [1.82, 2.24) is 10.2 Å². The fraction of sp³-hybridized carbons (Fsp3) is 0.857. The lowest BCUT2D eigenvalue weighted by molar-refractivity contribution is -0.135. The Labute approximate surface area is 110 Å². The summed E-state index contributed by atoms with van der Waals surface area (Å²) in [6, 6.07) is 0. The smallest absolute Gasteiger partial charge is 0.239 e. The first-order chi connectivity index (χ1) is 8.74. The first kappa shape index (κ1) is 15.0. The van der Waals surface area contributed by atoms with Crippen molar-refractivity contribution in [2.75, 3.05) is 19.6 Å². The first-order valence-electron chi connectivity index (χ1n) is 7.28. The largest absolute Gasteiger partial charge is 0.355 e. The van der Waals surface area contributed by atoms with Crippen molar-refractivity contribution < 1.29 is 9.59 Å². The fourth-order valence-corrected chi connectivity index (χ4v) is 2.21. The standard InChI is InChI=1S/C14H26N2O2/c1-2-3-4-7-10-15-13(17)12-16-11-8-5-6-9-14(16)18/h2-12H2,1H3,(H,15,17). The minimum absolute atomic E-state index is 0.0123. The molecule has 1 fully saturated rings. The molecule has 0 aliphatic carbocycles. The normalized spacial score (nSPS) is 16.5. The lowest BCUT2D eigenvalue weighted by Crippen LogP contribution is -2.40. The first-order valence-corrected chi connectivity index (χ1v) is 7.28. The number of hydrogen-bond acceptors (Lipinski definition) is 2. The zero-order valence-electron chi connectivity index (χ0n) is 11.5. The zero-order valence-corrected chi connectivity index (χ0v) is 11.5. The predicted molar refractivity (Wildman–Crippen MR) is 72.2 cm³/mol. The van der Waals surface area contributed by atoms with Gasteiger partial charge in [0.1, 0.15) is 0 Å². The van der Waals surface area contributed by atoms with Crippen molar-refractivity contribution in [3.05, 3.63) is 0 Å². The van der Waals surface area contributed by atoms with E-state index in [4.69, 9.17) is 0 Å². The summed E-state index contributed by atoms with van der Waals surface area (Å²) < 4.78 is 0. The Hall–Kier alpha value is -1.06. The Kier molecular flexibility index (Phi) is 7.46. The van der Waals surface area contributed by atoms with Gasteiger partial charge in [0.05, 0.1) is 6.54 Å². The van der Waals surface area contributed by atoms with Crippen molar-refractivity contribution >= 4 is 11.8 Å². The van der Waals surface area contributed by atoms with Crippen LogP contribution in [0.25, 0.3) is 0 Å². The Bertz CT molecular complexity index is 267. The molecule has 0 saturated carbocycles. The number of likely N-dealkylation sites (tertiary alicyclic amines) is 1. The summed E-state index contributed by atoms with van der Waals surface area (Å²) in [4.78, 5) is 25.1. The van der Waals surface area contributed by atoms with Gasteiger partial charge in [0, 0.05) is 19.5 Å². The van der Waals surface area contributed by atoms with E-state index in [9.17, 15) is 9.59 Å². The van der Waals surface area contributed by atoms with Gasteiger partial charge in [-0.25, -0.2) is 0 Å². The third-order valence-corrected chi connectivity index (χ3v) is 3.36. The topological polar surface area (TPSA) is 49.4 Å². The van der Waals surface area contributed by atoms with Crippen molar-refractivity contribution in [1.29, 1.82) is 0 Å². The van der Waals surface area contributed by atoms with Crippen LogP contribution in [0.15, 0.2) is 0 Å². The van der Waals surface area contributed by atoms with Gasteiger partial charge in [-0.05, 0) is 19.3 Å². The van der Waals surface area contributed by atoms with E-state index < -0.39 is 0 Å². The molecule has 1 heterocycles. The molecule has 1 N–H and O–H groups in total. The fourth-order valence-electron chi connectivity index (χ4n) is 2.21. The summed E-state index contributed by atoms with van der Waals surface area (Å²) in [6.07, 6.45) is 8.32. The SMILES string of the molecule is CCCCCCNC(=O)CN1CCCCCC1=O. The minimum atomic E-state index is -0.0123. The van der Waals surface area contributed by atoms with Crippen LogP contribution in [-0.2, 0) is 9.59 Å². The number of nitrogens with one attached hydrogen (secondary N) is 1. The van der Waals surface area contributed by atoms with E-state index in [0.29, 0.717) is 6.42 Å². The van der Waals surface area contributed by atoms with E-state index >= 15 is 0 Å². The minimum Gasteiger partial charge on any atom is -0.355 e. The zero-order chi connectivity index (χ0) is 13.2. The maximum Gasteiger partial charge on any atom is 0.239 e. The molecule has 0 unspecified atom stereocenters. The molecule has 0 atom stereocenters. The molecule has 1 aliphatic rings. The molecule has 0 radical (unpaired) electrons. The highest BCUT2D eigenvalue weighted by Gasteiger charge is 2.18. The quantitative estimate of drug-likeness (QED) is 0.707. The van der Waals surface area contributed by atoms with Gasteiger partial charge in [0.2, 0.25) is 11.8 Å². The van der Waals surface area contributed by atoms with E-state index in [1.165, 1.54) is 19.3 Å². The Morgan fingerprint density at radius 1 is 1.22 bits per heavy atom. The van der Waals surface area contributed by atoms with Crippen LogP contribution in [0.1, 0.15) is 58.3 Å². The highest BCUT2D eigenvalue weighted by Crippen LogP contribution is 2.10. The summed E-state index contributed by atoms with van der Waals surface area (Å²) in [5.74, 6) is 0.121. The Morgan fingerprint density at radius 3 is 2.83 bits per heavy atom. The van der Waals surface area contributed by atoms with Gasteiger partial charge in [-0.1, -0.05) is 32.6 Å². The van der Waals surface area contributed by atoms with E-state index in [0.717, 1.165) is 38.8 Å². The van der Waals surface area contributed by atoms with Gasteiger partial charge in [-0.15, -0.1) is 0 Å². The Balaban J connectivity index is 2.16. The number of nitrogens with zero attached hydrogens (tertiary/aromatic N) is 1. The monoisotopic (exact) mass is 254 g/mol. The third kappa shape index (κ3) is 6.03. The molecule has 4 heteroatoms. The molecule has 0 aromatic heterocycles. The van der Waals surface area contributed by atoms with E-state index in [1.54, 1.807) is 4.90 Å². The number of hydrogen-bond donors (Lipinski definition) is 1. The summed E-state index contributed by atoms with van der Waals surface area (Å²) >= 11 is 0. The number of carbonyl (C=O) groups excluding carboxylic acids is 2. The summed E-state index contributed by atoms with van der Waals surface area (Å²) in [5, 5.41) is 2.90. The number of carbonyl (C=O) groups is 2. The van der Waals surface area contributed by atoms with E-state index in [2.05, 4.69) is 12.2 Å². The maximum absolute atomic E-state index is 11.7. The van der Waals surface area contributed by atoms with Crippen LogP contribution in [-0.4, -0.2) is 36.3 Å². The molecule has 0 aromatic carbocycles. The van der Waals surface area contributed by atoms with Gasteiger partial charge >= 0.3 is 0 Å². The third-order valence-electron chi connectivity index (χ3n) is 3.36. The molecule has 0 aromatic rings. The van der Waals surface area contributed by atoms with Crippen molar-refractivity contribution in [3.8, 4) is 0 Å². The molecular formula is C14H26N2O2. The van der Waals surface area contributed by atoms with Crippen LogP contribution in [0.4, 0.5) is 0 Å². The molecular weight excluding hydrogens is 228 g/mol. The average Bonchev–Trinajstić information content (AvgIpc) is 2.55. The van der Waals surface area contributed by atoms with Crippen molar-refractivity contribution in [2.24, 2.45) is 0 Å². The second-order valence-electron chi connectivity index (χ2n) is 5.04. The molecule has 2 amide bonds. The summed E-state index contributed by atoms with van der Waals surface area (Å²) in [7, 11) is 0. The van der Waals surface area contributed by atoms with Gasteiger partial charge in [0.15, 0.2) is 0 Å². The number of rotatable bonds is 7. The molecule has 4 nitrogen and oxygen atoms in total. The number of unbranched alkanes of at least 4 members (excludes halogenated alkanes) is 3. The maximum atomic E-state index is 11.7. The average molecular weight is 254 g/mol. The van der Waals surface area contributed by atoms with Crippen LogP contribution >= 0.6 is 0 Å². The Morgan fingerprint density at radius 2 is 2.06 bits per heavy atom. The van der Waals surface area contributed by atoms with Crippen molar-refractivity contribution in [3.63, 3.8) is 0 Å². The summed E-state index contributed by atoms with van der Waals surface area (Å²) in [6.45, 7) is 3.89. The van der Waals surface area contributed by atoms with Gasteiger partial charge in [-0.2, -0.15) is 0 Å². The highest BCUT2D eigenvalue weighted by molar-refractivity contribution is 5.84. The second kappa shape index (κ2) is 8.95. The van der Waals surface area contributed by atoms with Crippen LogP contribution in [0.2, 0.25) is 0 Å². The molecule has 1 rings (SSSR count). The molecule has 1 aliphatic heterocycles. The second-order valence-corrected chi connectivity index (χ2v) is 5.04. The lowest BCUT2D eigenvalue weighted by Gasteiger charge is -2.19. The van der Waals surface area contributed by atoms with E-state index in [1.807, 2.05) is 0 Å². The lowest BCUT2D eigenvalue weighted by atomic mass is 10.2. The molecule has 104 valence electrons. The van der Waals surface area contributed by atoms with Crippen molar-refractivity contribution in [2.45, 2.75) is 58.3 Å². The van der Waals surface area contributed by atoms with Gasteiger partial charge in [0.25, 0.3) is 0 Å². The van der Waals surface area contributed by atoms with Crippen LogP contribution in [0.5, 0.6) is 0 Å². The van der Waals surface area contributed by atoms with Gasteiger partial charge in [-0.3, -0.25) is 9.59 Å². The van der Waals surface area contributed by atoms with Crippen LogP contribution < -0.4 is 5.32 Å². The molecule has 0 spiro atoms. The molecule has 1 saturated heterocycles. The van der Waals surface area contributed by atoms with Crippen LogP contribution in [0, 0.1) is 0 Å². The molecule has 18 heavy (non-hydrogen) atoms. The van der Waals surface area contributed by atoms with Gasteiger partial charge < -0.3 is 10.2 Å².